The monoisotopic (exact) mass is 304 g/mol. The summed E-state index contributed by atoms with van der Waals surface area (Å²) in [5.41, 5.74) is 3.69. The van der Waals surface area contributed by atoms with Crippen LogP contribution in [-0.2, 0) is 9.59 Å². The molecule has 1 aliphatic rings. The van der Waals surface area contributed by atoms with E-state index in [0.717, 1.165) is 29.5 Å². The highest BCUT2D eigenvalue weighted by molar-refractivity contribution is 6.39. The molecule has 3 N–H and O–H groups in total. The first kappa shape index (κ1) is 16.5. The second-order valence-corrected chi connectivity index (χ2v) is 6.16. The van der Waals surface area contributed by atoms with Crippen LogP contribution in [-0.4, -0.2) is 29.6 Å². The lowest BCUT2D eigenvalue weighted by molar-refractivity contribution is -0.136. The summed E-state index contributed by atoms with van der Waals surface area (Å²) in [6.07, 6.45) is 2.58. The van der Waals surface area contributed by atoms with Crippen LogP contribution in [0.4, 0.5) is 5.69 Å². The van der Waals surface area contributed by atoms with Crippen LogP contribution < -0.4 is 10.6 Å². The fourth-order valence-electron chi connectivity index (χ4n) is 2.84. The molecule has 0 aliphatic heterocycles. The van der Waals surface area contributed by atoms with Gasteiger partial charge in [0.1, 0.15) is 0 Å². The van der Waals surface area contributed by atoms with E-state index in [2.05, 4.69) is 10.6 Å². The lowest BCUT2D eigenvalue weighted by Gasteiger charge is -2.17. The first-order valence-electron chi connectivity index (χ1n) is 7.73. The summed E-state index contributed by atoms with van der Waals surface area (Å²) in [5, 5.41) is 14.5. The molecule has 0 saturated heterocycles. The van der Waals surface area contributed by atoms with Crippen LogP contribution in [0.15, 0.2) is 12.1 Å². The van der Waals surface area contributed by atoms with Crippen molar-refractivity contribution in [2.24, 2.45) is 5.92 Å². The maximum atomic E-state index is 12.1. The van der Waals surface area contributed by atoms with E-state index in [1.807, 2.05) is 32.9 Å². The van der Waals surface area contributed by atoms with Gasteiger partial charge in [0, 0.05) is 18.3 Å². The first-order valence-corrected chi connectivity index (χ1v) is 7.73. The molecule has 0 bridgehead atoms. The Morgan fingerprint density at radius 2 is 1.77 bits per heavy atom. The average molecular weight is 304 g/mol. The highest BCUT2D eigenvalue weighted by atomic mass is 16.3. The van der Waals surface area contributed by atoms with E-state index in [-0.39, 0.29) is 12.6 Å². The summed E-state index contributed by atoms with van der Waals surface area (Å²) in [5.74, 6) is -0.893. The van der Waals surface area contributed by atoms with Gasteiger partial charge in [0.15, 0.2) is 0 Å². The lowest BCUT2D eigenvalue weighted by Crippen LogP contribution is -2.43. The number of carbonyl (C=O) groups excluding carboxylic acids is 2. The summed E-state index contributed by atoms with van der Waals surface area (Å²) in [6.45, 7) is 5.82. The molecule has 1 aromatic carbocycles. The second kappa shape index (κ2) is 6.92. The van der Waals surface area contributed by atoms with Crippen LogP contribution >= 0.6 is 0 Å². The summed E-state index contributed by atoms with van der Waals surface area (Å²) in [7, 11) is 0. The molecular formula is C17H24N2O3. The Labute approximate surface area is 131 Å². The van der Waals surface area contributed by atoms with Crippen molar-refractivity contribution in [2.75, 3.05) is 11.9 Å². The summed E-state index contributed by atoms with van der Waals surface area (Å²) in [6, 6.07) is 3.84. The quantitative estimate of drug-likeness (QED) is 0.726. The molecule has 1 fully saturated rings. The number of aryl methyl sites for hydroxylation is 3. The number of carbonyl (C=O) groups is 2. The van der Waals surface area contributed by atoms with Crippen LogP contribution in [0.1, 0.15) is 36.0 Å². The zero-order valence-corrected chi connectivity index (χ0v) is 13.4. The maximum Gasteiger partial charge on any atom is 0.313 e. The van der Waals surface area contributed by atoms with E-state index < -0.39 is 11.8 Å². The van der Waals surface area contributed by atoms with E-state index in [4.69, 9.17) is 5.11 Å². The molecule has 0 radical (unpaired) electrons. The van der Waals surface area contributed by atoms with Gasteiger partial charge in [0.05, 0.1) is 0 Å². The minimum Gasteiger partial charge on any atom is -0.396 e. The molecule has 5 nitrogen and oxygen atoms in total. The average Bonchev–Trinajstić information content (AvgIpc) is 3.26. The van der Waals surface area contributed by atoms with Crippen molar-refractivity contribution in [1.82, 2.24) is 5.32 Å². The second-order valence-electron chi connectivity index (χ2n) is 6.16. The Bertz CT molecular complexity index is 556. The third-order valence-electron chi connectivity index (χ3n) is 4.07. The number of hydrogen-bond acceptors (Lipinski definition) is 3. The van der Waals surface area contributed by atoms with Crippen LogP contribution in [0, 0.1) is 26.7 Å². The maximum absolute atomic E-state index is 12.1. The lowest BCUT2D eigenvalue weighted by atomic mass is 10.1. The normalized spacial score (nSPS) is 15.3. The summed E-state index contributed by atoms with van der Waals surface area (Å²) in [4.78, 5) is 24.1. The van der Waals surface area contributed by atoms with Gasteiger partial charge in [-0.25, -0.2) is 0 Å². The standard InChI is InChI=1S/C17H24N2O3/c1-10-8-11(2)15(12(3)9-10)19-17(22)16(21)18-14(6-7-20)13-4-5-13/h8-9,13-14,20H,4-7H2,1-3H3,(H,18,21)(H,19,22). The molecule has 120 valence electrons. The number of nitrogens with one attached hydrogen (secondary N) is 2. The molecule has 22 heavy (non-hydrogen) atoms. The smallest absolute Gasteiger partial charge is 0.313 e. The molecule has 2 rings (SSSR count). The fraction of sp³-hybridized carbons (Fsp3) is 0.529. The van der Waals surface area contributed by atoms with Crippen molar-refractivity contribution in [3.05, 3.63) is 28.8 Å². The van der Waals surface area contributed by atoms with Gasteiger partial charge >= 0.3 is 11.8 Å². The highest BCUT2D eigenvalue weighted by Gasteiger charge is 2.33. The first-order chi connectivity index (χ1) is 10.4. The Kier molecular flexibility index (Phi) is 5.19. The molecular weight excluding hydrogens is 280 g/mol. The van der Waals surface area contributed by atoms with Crippen molar-refractivity contribution >= 4 is 17.5 Å². The molecule has 1 saturated carbocycles. The molecule has 2 amide bonds. The summed E-state index contributed by atoms with van der Waals surface area (Å²) >= 11 is 0. The van der Waals surface area contributed by atoms with E-state index in [0.29, 0.717) is 18.0 Å². The topological polar surface area (TPSA) is 78.4 Å². The minimum absolute atomic E-state index is 0.0131. The van der Waals surface area contributed by atoms with Crippen molar-refractivity contribution in [1.29, 1.82) is 0 Å². The van der Waals surface area contributed by atoms with E-state index in [1.54, 1.807) is 0 Å². The molecule has 0 spiro atoms. The predicted octanol–water partition coefficient (Wildman–Crippen LogP) is 1.83. The van der Waals surface area contributed by atoms with Crippen molar-refractivity contribution < 1.29 is 14.7 Å². The molecule has 1 aromatic rings. The Hall–Kier alpha value is -1.88. The van der Waals surface area contributed by atoms with E-state index in [9.17, 15) is 9.59 Å². The number of hydrogen-bond donors (Lipinski definition) is 3. The van der Waals surface area contributed by atoms with Crippen LogP contribution in [0.5, 0.6) is 0 Å². The van der Waals surface area contributed by atoms with Gasteiger partial charge < -0.3 is 15.7 Å². The van der Waals surface area contributed by atoms with Crippen LogP contribution in [0.3, 0.4) is 0 Å². The molecule has 5 heteroatoms. The number of benzene rings is 1. The third-order valence-corrected chi connectivity index (χ3v) is 4.07. The number of rotatable bonds is 5. The Morgan fingerprint density at radius 1 is 1.18 bits per heavy atom. The molecule has 1 unspecified atom stereocenters. The fourth-order valence-corrected chi connectivity index (χ4v) is 2.84. The molecule has 0 aromatic heterocycles. The van der Waals surface area contributed by atoms with E-state index in [1.165, 1.54) is 0 Å². The van der Waals surface area contributed by atoms with Crippen molar-refractivity contribution in [3.63, 3.8) is 0 Å². The highest BCUT2D eigenvalue weighted by Crippen LogP contribution is 2.33. The number of anilines is 1. The zero-order chi connectivity index (χ0) is 16.3. The van der Waals surface area contributed by atoms with Gasteiger partial charge in [-0.05, 0) is 57.1 Å². The van der Waals surface area contributed by atoms with Crippen LogP contribution in [0.25, 0.3) is 0 Å². The Balaban J connectivity index is 2.01. The third kappa shape index (κ3) is 4.07. The van der Waals surface area contributed by atoms with Gasteiger partial charge in [-0.3, -0.25) is 9.59 Å². The Morgan fingerprint density at radius 3 is 2.27 bits per heavy atom. The number of aliphatic hydroxyl groups is 1. The molecule has 0 heterocycles. The SMILES string of the molecule is Cc1cc(C)c(NC(=O)C(=O)NC(CCO)C2CC2)c(C)c1. The van der Waals surface area contributed by atoms with Crippen LogP contribution in [0.2, 0.25) is 0 Å². The van der Waals surface area contributed by atoms with Gasteiger partial charge in [-0.2, -0.15) is 0 Å². The largest absolute Gasteiger partial charge is 0.396 e. The number of amides is 2. The molecule has 1 aliphatic carbocycles. The van der Waals surface area contributed by atoms with Gasteiger partial charge in [0.2, 0.25) is 0 Å². The van der Waals surface area contributed by atoms with Gasteiger partial charge in [-0.1, -0.05) is 17.7 Å². The van der Waals surface area contributed by atoms with Crippen molar-refractivity contribution in [2.45, 2.75) is 46.1 Å². The van der Waals surface area contributed by atoms with E-state index >= 15 is 0 Å². The zero-order valence-electron chi connectivity index (χ0n) is 13.4. The molecule has 1 atom stereocenters. The minimum atomic E-state index is -0.654. The van der Waals surface area contributed by atoms with Crippen molar-refractivity contribution in [3.8, 4) is 0 Å². The summed E-state index contributed by atoms with van der Waals surface area (Å²) < 4.78 is 0. The van der Waals surface area contributed by atoms with Gasteiger partial charge in [-0.15, -0.1) is 0 Å². The van der Waals surface area contributed by atoms with Gasteiger partial charge in [0.25, 0.3) is 0 Å². The predicted molar refractivity (Wildman–Crippen MR) is 85.6 cm³/mol. The number of aliphatic hydroxyl groups excluding tert-OH is 1.